The number of nitrogens with zero attached hydrogens (tertiary/aromatic N) is 2. The maximum absolute atomic E-state index is 13.3. The van der Waals surface area contributed by atoms with Gasteiger partial charge in [0.2, 0.25) is 0 Å². The number of halogens is 1. The Hall–Kier alpha value is -1.05. The highest BCUT2D eigenvalue weighted by molar-refractivity contribution is 7.87. The Bertz CT molecular complexity index is 462. The molecule has 0 bridgehead atoms. The molecule has 1 N–H and O–H groups in total. The van der Waals surface area contributed by atoms with E-state index in [0.29, 0.717) is 0 Å². The summed E-state index contributed by atoms with van der Waals surface area (Å²) in [5.41, 5.74) is 0.264. The molecule has 0 aromatic carbocycles. The summed E-state index contributed by atoms with van der Waals surface area (Å²) < 4.78 is 39.7. The van der Waals surface area contributed by atoms with Gasteiger partial charge in [0.25, 0.3) is 10.2 Å². The quantitative estimate of drug-likeness (QED) is 0.851. The monoisotopic (exact) mass is 247 g/mol. The molecule has 5 nitrogen and oxygen atoms in total. The van der Waals surface area contributed by atoms with Crippen molar-refractivity contribution < 1.29 is 12.8 Å². The Morgan fingerprint density at radius 1 is 1.50 bits per heavy atom. The van der Waals surface area contributed by atoms with Crippen LogP contribution in [0, 0.1) is 5.82 Å². The van der Waals surface area contributed by atoms with E-state index < -0.39 is 22.1 Å². The lowest BCUT2D eigenvalue weighted by Gasteiger charge is -2.18. The first-order chi connectivity index (χ1) is 7.34. The van der Waals surface area contributed by atoms with Gasteiger partial charge in [0.05, 0.1) is 6.20 Å². The van der Waals surface area contributed by atoms with Crippen LogP contribution in [0.2, 0.25) is 0 Å². The minimum Gasteiger partial charge on any atom is -0.262 e. The molecule has 0 fully saturated rings. The summed E-state index contributed by atoms with van der Waals surface area (Å²) in [5.74, 6) is -0.531. The van der Waals surface area contributed by atoms with E-state index >= 15 is 0 Å². The molecule has 1 aromatic heterocycles. The molecule has 0 aliphatic rings. The van der Waals surface area contributed by atoms with Gasteiger partial charge >= 0.3 is 0 Å². The van der Waals surface area contributed by atoms with Crippen LogP contribution >= 0.6 is 0 Å². The van der Waals surface area contributed by atoms with E-state index in [0.717, 1.165) is 10.5 Å². The van der Waals surface area contributed by atoms with Crippen molar-refractivity contribution in [1.29, 1.82) is 0 Å². The molecule has 1 rings (SSSR count). The molecule has 1 atom stereocenters. The highest BCUT2D eigenvalue weighted by Crippen LogP contribution is 2.16. The molecule has 0 amide bonds. The van der Waals surface area contributed by atoms with E-state index in [1.165, 1.54) is 26.4 Å². The fourth-order valence-corrected chi connectivity index (χ4v) is 1.91. The number of nitrogens with one attached hydrogen (secondary N) is 1. The Kier molecular flexibility index (Phi) is 3.95. The third kappa shape index (κ3) is 2.97. The lowest BCUT2D eigenvalue weighted by molar-refractivity contribution is 0.489. The minimum atomic E-state index is -3.57. The van der Waals surface area contributed by atoms with Crippen LogP contribution in [-0.4, -0.2) is 31.8 Å². The maximum atomic E-state index is 13.3. The summed E-state index contributed by atoms with van der Waals surface area (Å²) in [4.78, 5) is 3.60. The first-order valence-corrected chi connectivity index (χ1v) is 6.08. The van der Waals surface area contributed by atoms with Crippen LogP contribution in [0.5, 0.6) is 0 Å². The zero-order valence-corrected chi connectivity index (χ0v) is 10.1. The molecule has 1 heterocycles. The smallest absolute Gasteiger partial charge is 0.262 e. The highest BCUT2D eigenvalue weighted by Gasteiger charge is 2.19. The lowest BCUT2D eigenvalue weighted by Crippen LogP contribution is -2.37. The van der Waals surface area contributed by atoms with Crippen molar-refractivity contribution in [3.63, 3.8) is 0 Å². The second-order valence-corrected chi connectivity index (χ2v) is 5.44. The Morgan fingerprint density at radius 3 is 2.62 bits per heavy atom. The number of hydrogen-bond acceptors (Lipinski definition) is 3. The fourth-order valence-electron chi connectivity index (χ4n) is 1.13. The topological polar surface area (TPSA) is 62.3 Å². The standard InChI is InChI=1S/C9H14FN3O2S/c1-7(12-16(14,15)13(2)3)8-4-5-11-6-9(8)10/h4-7,12H,1-3H3. The van der Waals surface area contributed by atoms with Gasteiger partial charge in [-0.05, 0) is 13.0 Å². The van der Waals surface area contributed by atoms with Crippen LogP contribution in [0.1, 0.15) is 18.5 Å². The molecule has 7 heteroatoms. The molecule has 0 saturated carbocycles. The molecule has 0 spiro atoms. The molecule has 90 valence electrons. The largest absolute Gasteiger partial charge is 0.279 e. The van der Waals surface area contributed by atoms with Crippen molar-refractivity contribution in [2.75, 3.05) is 14.1 Å². The lowest BCUT2D eigenvalue weighted by atomic mass is 10.1. The second kappa shape index (κ2) is 4.86. The normalized spacial score (nSPS) is 14.1. The summed E-state index contributed by atoms with van der Waals surface area (Å²) in [6.07, 6.45) is 2.47. The fraction of sp³-hybridized carbons (Fsp3) is 0.444. The summed E-state index contributed by atoms with van der Waals surface area (Å²) >= 11 is 0. The second-order valence-electron chi connectivity index (χ2n) is 3.52. The molecule has 0 aliphatic carbocycles. The predicted molar refractivity (Wildman–Crippen MR) is 58.4 cm³/mol. The van der Waals surface area contributed by atoms with Gasteiger partial charge in [-0.2, -0.15) is 17.4 Å². The number of aromatic nitrogens is 1. The zero-order valence-electron chi connectivity index (χ0n) is 9.31. The molecule has 16 heavy (non-hydrogen) atoms. The summed E-state index contributed by atoms with van der Waals surface area (Å²) in [6, 6.07) is 0.799. The van der Waals surface area contributed by atoms with Gasteiger partial charge < -0.3 is 0 Å². The van der Waals surface area contributed by atoms with Crippen molar-refractivity contribution >= 4 is 10.2 Å². The summed E-state index contributed by atoms with van der Waals surface area (Å²) in [7, 11) is -0.765. The van der Waals surface area contributed by atoms with Crippen molar-refractivity contribution in [2.24, 2.45) is 0 Å². The molecule has 0 radical (unpaired) electrons. The number of hydrogen-bond donors (Lipinski definition) is 1. The highest BCUT2D eigenvalue weighted by atomic mass is 32.2. The van der Waals surface area contributed by atoms with Gasteiger partial charge in [-0.25, -0.2) is 4.39 Å². The van der Waals surface area contributed by atoms with Crippen LogP contribution in [-0.2, 0) is 10.2 Å². The number of rotatable bonds is 4. The van der Waals surface area contributed by atoms with Gasteiger partial charge in [0.1, 0.15) is 5.82 Å². The molecule has 1 unspecified atom stereocenters. The first kappa shape index (κ1) is 13.0. The Labute approximate surface area is 94.5 Å². The van der Waals surface area contributed by atoms with Gasteiger partial charge in [-0.15, -0.1) is 0 Å². The predicted octanol–water partition coefficient (Wildman–Crippen LogP) is 0.678. The number of pyridine rings is 1. The van der Waals surface area contributed by atoms with Gasteiger partial charge in [0.15, 0.2) is 0 Å². The van der Waals surface area contributed by atoms with E-state index in [4.69, 9.17) is 0 Å². The average molecular weight is 247 g/mol. The van der Waals surface area contributed by atoms with Crippen LogP contribution in [0.15, 0.2) is 18.5 Å². The molecule has 0 saturated heterocycles. The van der Waals surface area contributed by atoms with Crippen molar-refractivity contribution in [2.45, 2.75) is 13.0 Å². The van der Waals surface area contributed by atoms with E-state index in [9.17, 15) is 12.8 Å². The van der Waals surface area contributed by atoms with Crippen LogP contribution in [0.25, 0.3) is 0 Å². The van der Waals surface area contributed by atoms with Crippen molar-refractivity contribution in [3.05, 3.63) is 29.8 Å². The van der Waals surface area contributed by atoms with Gasteiger partial charge in [0, 0.05) is 31.9 Å². The van der Waals surface area contributed by atoms with Crippen molar-refractivity contribution in [1.82, 2.24) is 14.0 Å². The average Bonchev–Trinajstić information content (AvgIpc) is 2.17. The van der Waals surface area contributed by atoms with Crippen molar-refractivity contribution in [3.8, 4) is 0 Å². The van der Waals surface area contributed by atoms with E-state index in [2.05, 4.69) is 9.71 Å². The summed E-state index contributed by atoms with van der Waals surface area (Å²) in [6.45, 7) is 1.57. The summed E-state index contributed by atoms with van der Waals surface area (Å²) in [5, 5.41) is 0. The van der Waals surface area contributed by atoms with Crippen LogP contribution in [0.4, 0.5) is 4.39 Å². The van der Waals surface area contributed by atoms with E-state index in [1.54, 1.807) is 6.92 Å². The maximum Gasteiger partial charge on any atom is 0.279 e. The molecular formula is C9H14FN3O2S. The van der Waals surface area contributed by atoms with Crippen LogP contribution < -0.4 is 4.72 Å². The van der Waals surface area contributed by atoms with E-state index in [1.807, 2.05) is 0 Å². The first-order valence-electron chi connectivity index (χ1n) is 4.64. The SMILES string of the molecule is CC(NS(=O)(=O)N(C)C)c1ccncc1F. The third-order valence-electron chi connectivity index (χ3n) is 2.08. The Morgan fingerprint density at radius 2 is 2.12 bits per heavy atom. The van der Waals surface area contributed by atoms with E-state index in [-0.39, 0.29) is 5.56 Å². The van der Waals surface area contributed by atoms with Gasteiger partial charge in [-0.3, -0.25) is 4.98 Å². The molecule has 0 aliphatic heterocycles. The molecule has 1 aromatic rings. The Balaban J connectivity index is 2.89. The van der Waals surface area contributed by atoms with Gasteiger partial charge in [-0.1, -0.05) is 0 Å². The van der Waals surface area contributed by atoms with Crippen LogP contribution in [0.3, 0.4) is 0 Å². The zero-order chi connectivity index (χ0) is 12.3. The minimum absolute atomic E-state index is 0.264. The molecular weight excluding hydrogens is 233 g/mol. The third-order valence-corrected chi connectivity index (χ3v) is 3.69.